The predicted octanol–water partition coefficient (Wildman–Crippen LogP) is 1.93. The second kappa shape index (κ2) is 6.37. The van der Waals surface area contributed by atoms with Gasteiger partial charge in [0.2, 0.25) is 5.88 Å². The number of carbonyl (C=O) groups excluding carboxylic acids is 1. The standard InChI is InChI=1S/C15H24N4O3/c1-11-9-18(12-8-13(21-5)17-10-16-12)6-7-19(11)14(20)22-15(2,3)4/h8,10-11H,6-7,9H2,1-5H3/t11-/m1/s1. The molecule has 1 aromatic heterocycles. The molecule has 0 aromatic carbocycles. The third kappa shape index (κ3) is 3.99. The lowest BCUT2D eigenvalue weighted by atomic mass is 10.2. The molecule has 0 unspecified atom stereocenters. The molecule has 122 valence electrons. The molecule has 7 nitrogen and oxygen atoms in total. The Hall–Kier alpha value is -2.05. The van der Waals surface area contributed by atoms with Crippen molar-refractivity contribution in [3.8, 4) is 5.88 Å². The third-order valence-electron chi connectivity index (χ3n) is 3.42. The van der Waals surface area contributed by atoms with E-state index in [2.05, 4.69) is 14.9 Å². The van der Waals surface area contributed by atoms with E-state index in [0.717, 1.165) is 5.82 Å². The van der Waals surface area contributed by atoms with Gasteiger partial charge in [-0.15, -0.1) is 0 Å². The number of ether oxygens (including phenoxy) is 2. The summed E-state index contributed by atoms with van der Waals surface area (Å²) in [6.07, 6.45) is 1.22. The summed E-state index contributed by atoms with van der Waals surface area (Å²) in [5.74, 6) is 1.34. The van der Waals surface area contributed by atoms with Crippen molar-refractivity contribution in [1.82, 2.24) is 14.9 Å². The first-order valence-corrected chi connectivity index (χ1v) is 7.41. The molecular weight excluding hydrogens is 284 g/mol. The Balaban J connectivity index is 2.01. The van der Waals surface area contributed by atoms with Crippen LogP contribution in [0.2, 0.25) is 0 Å². The van der Waals surface area contributed by atoms with Crippen LogP contribution in [0.3, 0.4) is 0 Å². The molecule has 0 bridgehead atoms. The maximum absolute atomic E-state index is 12.2. The molecule has 0 radical (unpaired) electrons. The first-order valence-electron chi connectivity index (χ1n) is 7.41. The van der Waals surface area contributed by atoms with Crippen LogP contribution in [0.4, 0.5) is 10.6 Å². The molecule has 1 aliphatic heterocycles. The van der Waals surface area contributed by atoms with Gasteiger partial charge in [0.15, 0.2) is 0 Å². The minimum absolute atomic E-state index is 0.0459. The molecule has 1 atom stereocenters. The van der Waals surface area contributed by atoms with Gasteiger partial charge in [0.1, 0.15) is 17.7 Å². The summed E-state index contributed by atoms with van der Waals surface area (Å²) in [6.45, 7) is 9.62. The fourth-order valence-corrected chi connectivity index (χ4v) is 2.37. The second-order valence-electron chi connectivity index (χ2n) is 6.39. The smallest absolute Gasteiger partial charge is 0.410 e. The van der Waals surface area contributed by atoms with Crippen LogP contribution < -0.4 is 9.64 Å². The third-order valence-corrected chi connectivity index (χ3v) is 3.42. The number of nitrogens with zero attached hydrogens (tertiary/aromatic N) is 4. The molecule has 0 spiro atoms. The maximum Gasteiger partial charge on any atom is 0.410 e. The van der Waals surface area contributed by atoms with Crippen LogP contribution in [0.1, 0.15) is 27.7 Å². The van der Waals surface area contributed by atoms with E-state index in [1.54, 1.807) is 18.1 Å². The molecule has 1 amide bonds. The van der Waals surface area contributed by atoms with Gasteiger partial charge in [0.05, 0.1) is 7.11 Å². The Morgan fingerprint density at radius 3 is 2.64 bits per heavy atom. The summed E-state index contributed by atoms with van der Waals surface area (Å²) >= 11 is 0. The highest BCUT2D eigenvalue weighted by atomic mass is 16.6. The van der Waals surface area contributed by atoms with Gasteiger partial charge in [-0.25, -0.2) is 14.8 Å². The van der Waals surface area contributed by atoms with Gasteiger partial charge in [-0.1, -0.05) is 0 Å². The molecule has 1 aliphatic rings. The number of hydrogen-bond acceptors (Lipinski definition) is 6. The summed E-state index contributed by atoms with van der Waals surface area (Å²) in [6, 6.07) is 1.85. The number of piperazine rings is 1. The van der Waals surface area contributed by atoms with Crippen LogP contribution in [0.15, 0.2) is 12.4 Å². The summed E-state index contributed by atoms with van der Waals surface area (Å²) in [7, 11) is 1.58. The van der Waals surface area contributed by atoms with E-state index in [1.807, 2.05) is 27.7 Å². The van der Waals surface area contributed by atoms with Crippen molar-refractivity contribution < 1.29 is 14.3 Å². The van der Waals surface area contributed by atoms with Crippen molar-refractivity contribution in [3.63, 3.8) is 0 Å². The van der Waals surface area contributed by atoms with Gasteiger partial charge in [-0.3, -0.25) is 0 Å². The van der Waals surface area contributed by atoms with Gasteiger partial charge in [-0.2, -0.15) is 0 Å². The number of aromatic nitrogens is 2. The molecule has 1 saturated heterocycles. The van der Waals surface area contributed by atoms with Crippen molar-refractivity contribution in [2.45, 2.75) is 39.3 Å². The average Bonchev–Trinajstić information content (AvgIpc) is 2.45. The van der Waals surface area contributed by atoms with E-state index >= 15 is 0 Å². The Labute approximate surface area is 131 Å². The van der Waals surface area contributed by atoms with Crippen molar-refractivity contribution in [2.75, 3.05) is 31.6 Å². The molecular formula is C15H24N4O3. The van der Waals surface area contributed by atoms with Crippen LogP contribution in [-0.4, -0.2) is 59.3 Å². The minimum atomic E-state index is -0.478. The van der Waals surface area contributed by atoms with Gasteiger partial charge in [-0.05, 0) is 27.7 Å². The Morgan fingerprint density at radius 1 is 1.32 bits per heavy atom. The maximum atomic E-state index is 12.2. The molecule has 2 heterocycles. The Morgan fingerprint density at radius 2 is 2.05 bits per heavy atom. The second-order valence-corrected chi connectivity index (χ2v) is 6.39. The monoisotopic (exact) mass is 308 g/mol. The molecule has 2 rings (SSSR count). The molecule has 7 heteroatoms. The summed E-state index contributed by atoms with van der Waals surface area (Å²) in [4.78, 5) is 24.4. The topological polar surface area (TPSA) is 67.8 Å². The highest BCUT2D eigenvalue weighted by Crippen LogP contribution is 2.21. The Kier molecular flexibility index (Phi) is 4.73. The van der Waals surface area contributed by atoms with Gasteiger partial charge in [0.25, 0.3) is 0 Å². The number of methoxy groups -OCH3 is 1. The zero-order chi connectivity index (χ0) is 16.3. The number of hydrogen-bond donors (Lipinski definition) is 0. The van der Waals surface area contributed by atoms with Crippen LogP contribution in [-0.2, 0) is 4.74 Å². The molecule has 1 aromatic rings. The lowest BCUT2D eigenvalue weighted by Crippen LogP contribution is -2.55. The molecule has 22 heavy (non-hydrogen) atoms. The van der Waals surface area contributed by atoms with E-state index in [4.69, 9.17) is 9.47 Å². The normalized spacial score (nSPS) is 19.0. The van der Waals surface area contributed by atoms with E-state index in [1.165, 1.54) is 6.33 Å². The van der Waals surface area contributed by atoms with Crippen molar-refractivity contribution in [3.05, 3.63) is 12.4 Å². The number of amides is 1. The zero-order valence-electron chi connectivity index (χ0n) is 13.9. The molecule has 1 fully saturated rings. The van der Waals surface area contributed by atoms with Gasteiger partial charge < -0.3 is 19.3 Å². The fourth-order valence-electron chi connectivity index (χ4n) is 2.37. The largest absolute Gasteiger partial charge is 0.481 e. The van der Waals surface area contributed by atoms with E-state index < -0.39 is 5.60 Å². The predicted molar refractivity (Wildman–Crippen MR) is 83.2 cm³/mol. The molecule has 0 N–H and O–H groups in total. The van der Waals surface area contributed by atoms with Crippen LogP contribution in [0, 0.1) is 0 Å². The van der Waals surface area contributed by atoms with Gasteiger partial charge >= 0.3 is 6.09 Å². The van der Waals surface area contributed by atoms with Crippen molar-refractivity contribution in [2.24, 2.45) is 0 Å². The van der Waals surface area contributed by atoms with Crippen molar-refractivity contribution in [1.29, 1.82) is 0 Å². The SMILES string of the molecule is COc1cc(N2CCN(C(=O)OC(C)(C)C)[C@H](C)C2)ncn1. The quantitative estimate of drug-likeness (QED) is 0.831. The first-order chi connectivity index (χ1) is 10.3. The van der Waals surface area contributed by atoms with E-state index in [-0.39, 0.29) is 12.1 Å². The number of anilines is 1. The highest BCUT2D eigenvalue weighted by molar-refractivity contribution is 5.69. The number of rotatable bonds is 2. The Bertz CT molecular complexity index is 530. The highest BCUT2D eigenvalue weighted by Gasteiger charge is 2.31. The molecule has 0 saturated carbocycles. The lowest BCUT2D eigenvalue weighted by molar-refractivity contribution is 0.0158. The minimum Gasteiger partial charge on any atom is -0.481 e. The first kappa shape index (κ1) is 16.3. The average molecular weight is 308 g/mol. The molecule has 0 aliphatic carbocycles. The summed E-state index contributed by atoms with van der Waals surface area (Å²) in [5, 5.41) is 0. The van der Waals surface area contributed by atoms with E-state index in [0.29, 0.717) is 25.5 Å². The number of carbonyl (C=O) groups is 1. The van der Waals surface area contributed by atoms with Crippen LogP contribution >= 0.6 is 0 Å². The fraction of sp³-hybridized carbons (Fsp3) is 0.667. The zero-order valence-corrected chi connectivity index (χ0v) is 13.9. The van der Waals surface area contributed by atoms with Gasteiger partial charge in [0, 0.05) is 31.7 Å². The lowest BCUT2D eigenvalue weighted by Gasteiger charge is -2.40. The summed E-state index contributed by atoms with van der Waals surface area (Å²) in [5.41, 5.74) is -0.478. The van der Waals surface area contributed by atoms with Crippen LogP contribution in [0.25, 0.3) is 0 Å². The van der Waals surface area contributed by atoms with Crippen molar-refractivity contribution >= 4 is 11.9 Å². The van der Waals surface area contributed by atoms with Crippen LogP contribution in [0.5, 0.6) is 5.88 Å². The summed E-state index contributed by atoms with van der Waals surface area (Å²) < 4.78 is 10.6. The van der Waals surface area contributed by atoms with E-state index in [9.17, 15) is 4.79 Å².